The predicted octanol–water partition coefficient (Wildman–Crippen LogP) is 3.67. The summed E-state index contributed by atoms with van der Waals surface area (Å²) >= 11 is 1.66. The van der Waals surface area contributed by atoms with Crippen LogP contribution in [0.15, 0.2) is 29.6 Å². The van der Waals surface area contributed by atoms with Crippen LogP contribution in [0, 0.1) is 5.92 Å². The molecule has 1 atom stereocenters. The highest BCUT2D eigenvalue weighted by atomic mass is 32.1. The van der Waals surface area contributed by atoms with E-state index < -0.39 is 5.54 Å². The van der Waals surface area contributed by atoms with E-state index in [1.54, 1.807) is 16.2 Å². The molecule has 1 aromatic heterocycles. The predicted molar refractivity (Wildman–Crippen MR) is 98.3 cm³/mol. The molecule has 2 amide bonds. The molecule has 0 saturated carbocycles. The highest BCUT2D eigenvalue weighted by molar-refractivity contribution is 7.17. The summed E-state index contributed by atoms with van der Waals surface area (Å²) in [5.74, 6) is 0.297. The number of carbonyl (C=O) groups is 2. The second-order valence-corrected chi connectivity index (χ2v) is 8.06. The van der Waals surface area contributed by atoms with Crippen molar-refractivity contribution in [3.8, 4) is 0 Å². The van der Waals surface area contributed by atoms with E-state index >= 15 is 0 Å². The molecule has 1 aliphatic rings. The molecule has 3 rings (SSSR count). The number of benzene rings is 1. The van der Waals surface area contributed by atoms with Crippen molar-refractivity contribution in [2.45, 2.75) is 39.2 Å². The van der Waals surface area contributed by atoms with Gasteiger partial charge in [0.05, 0.1) is 0 Å². The third-order valence-electron chi connectivity index (χ3n) is 4.75. The van der Waals surface area contributed by atoms with Gasteiger partial charge < -0.3 is 10.2 Å². The summed E-state index contributed by atoms with van der Waals surface area (Å²) in [5, 5.41) is 6.10. The molecule has 1 aromatic carbocycles. The Hall–Kier alpha value is -1.88. The van der Waals surface area contributed by atoms with Crippen LogP contribution in [-0.4, -0.2) is 35.3 Å². The summed E-state index contributed by atoms with van der Waals surface area (Å²) in [4.78, 5) is 27.5. The molecule has 0 aliphatic carbocycles. The number of amides is 2. The van der Waals surface area contributed by atoms with Crippen LogP contribution in [-0.2, 0) is 4.79 Å². The Morgan fingerprint density at radius 1 is 1.33 bits per heavy atom. The fraction of sp³-hybridized carbons (Fsp3) is 0.474. The van der Waals surface area contributed by atoms with Crippen LogP contribution in [0.3, 0.4) is 0 Å². The van der Waals surface area contributed by atoms with E-state index in [9.17, 15) is 9.59 Å². The number of nitrogens with zero attached hydrogens (tertiary/aromatic N) is 1. The van der Waals surface area contributed by atoms with Crippen LogP contribution in [0.2, 0.25) is 0 Å². The van der Waals surface area contributed by atoms with E-state index in [2.05, 4.69) is 19.2 Å². The quantitative estimate of drug-likeness (QED) is 0.920. The molecule has 1 fully saturated rings. The Labute approximate surface area is 146 Å². The molecule has 1 aliphatic heterocycles. The molecular weight excluding hydrogens is 320 g/mol. The Morgan fingerprint density at radius 3 is 2.88 bits per heavy atom. The summed E-state index contributed by atoms with van der Waals surface area (Å²) < 4.78 is 1.17. The zero-order valence-corrected chi connectivity index (χ0v) is 15.3. The van der Waals surface area contributed by atoms with Crippen LogP contribution in [0.5, 0.6) is 0 Å². The summed E-state index contributed by atoms with van der Waals surface area (Å²) in [6.45, 7) is 7.28. The highest BCUT2D eigenvalue weighted by Gasteiger charge is 2.45. The third-order valence-corrected chi connectivity index (χ3v) is 5.64. The maximum atomic E-state index is 13.0. The number of nitrogens with one attached hydrogen (secondary N) is 1. The number of rotatable bonds is 4. The molecule has 24 heavy (non-hydrogen) atoms. The number of thiophene rings is 1. The van der Waals surface area contributed by atoms with Crippen LogP contribution < -0.4 is 5.32 Å². The normalized spacial score (nSPS) is 20.8. The average molecular weight is 344 g/mol. The highest BCUT2D eigenvalue weighted by Crippen LogP contribution is 2.32. The second-order valence-electron chi connectivity index (χ2n) is 7.11. The van der Waals surface area contributed by atoms with Gasteiger partial charge in [-0.1, -0.05) is 13.8 Å². The van der Waals surface area contributed by atoms with Gasteiger partial charge in [-0.15, -0.1) is 11.3 Å². The fourth-order valence-corrected chi connectivity index (χ4v) is 4.04. The lowest BCUT2D eigenvalue weighted by Crippen LogP contribution is -2.55. The molecule has 0 radical (unpaired) electrons. The molecule has 1 unspecified atom stereocenters. The Morgan fingerprint density at radius 2 is 2.12 bits per heavy atom. The first kappa shape index (κ1) is 17.0. The Bertz CT molecular complexity index is 768. The van der Waals surface area contributed by atoms with Gasteiger partial charge in [0.2, 0.25) is 5.91 Å². The maximum absolute atomic E-state index is 13.0. The van der Waals surface area contributed by atoms with E-state index in [1.807, 2.05) is 36.6 Å². The minimum atomic E-state index is -0.754. The minimum Gasteiger partial charge on any atom is -0.354 e. The van der Waals surface area contributed by atoms with Crippen LogP contribution in [0.25, 0.3) is 10.1 Å². The van der Waals surface area contributed by atoms with Crippen molar-refractivity contribution in [1.29, 1.82) is 0 Å². The summed E-state index contributed by atoms with van der Waals surface area (Å²) in [5.41, 5.74) is -0.0963. The van der Waals surface area contributed by atoms with Gasteiger partial charge in [0.25, 0.3) is 5.91 Å². The lowest BCUT2D eigenvalue weighted by Gasteiger charge is -2.34. The topological polar surface area (TPSA) is 49.4 Å². The van der Waals surface area contributed by atoms with Gasteiger partial charge in [0.15, 0.2) is 0 Å². The summed E-state index contributed by atoms with van der Waals surface area (Å²) in [7, 11) is 0. The summed E-state index contributed by atoms with van der Waals surface area (Å²) in [6.07, 6.45) is 1.57. The number of fused-ring (bicyclic) bond motifs is 1. The standard InChI is InChI=1S/C19H24N2O2S/c1-13(2)12-20-18(23)19(3)8-4-9-21(19)17(22)15-5-6-16-14(11-15)7-10-24-16/h5-7,10-11,13H,4,8-9,12H2,1-3H3,(H,20,23). The van der Waals surface area contributed by atoms with Gasteiger partial charge in [0, 0.05) is 23.4 Å². The number of hydrogen-bond acceptors (Lipinski definition) is 3. The van der Waals surface area contributed by atoms with Crippen molar-refractivity contribution in [1.82, 2.24) is 10.2 Å². The van der Waals surface area contributed by atoms with E-state index in [0.717, 1.165) is 11.8 Å². The van der Waals surface area contributed by atoms with Gasteiger partial charge in [0.1, 0.15) is 5.54 Å². The molecule has 128 valence electrons. The number of carbonyl (C=O) groups excluding carboxylic acids is 2. The lowest BCUT2D eigenvalue weighted by atomic mass is 9.96. The molecule has 1 saturated heterocycles. The Balaban J connectivity index is 1.83. The number of hydrogen-bond donors (Lipinski definition) is 1. The number of likely N-dealkylation sites (tertiary alicyclic amines) is 1. The first-order valence-corrected chi connectivity index (χ1v) is 9.37. The molecular formula is C19H24N2O2S. The molecule has 4 nitrogen and oxygen atoms in total. The largest absolute Gasteiger partial charge is 0.354 e. The Kier molecular flexibility index (Phi) is 4.63. The molecule has 5 heteroatoms. The first-order chi connectivity index (χ1) is 11.4. The third kappa shape index (κ3) is 3.05. The lowest BCUT2D eigenvalue weighted by molar-refractivity contribution is -0.130. The van der Waals surface area contributed by atoms with Crippen molar-refractivity contribution >= 4 is 33.2 Å². The van der Waals surface area contributed by atoms with Crippen LogP contribution in [0.1, 0.15) is 44.0 Å². The van der Waals surface area contributed by atoms with Gasteiger partial charge in [-0.3, -0.25) is 9.59 Å². The van der Waals surface area contributed by atoms with Gasteiger partial charge in [-0.25, -0.2) is 0 Å². The van der Waals surface area contributed by atoms with Crippen molar-refractivity contribution in [2.75, 3.05) is 13.1 Å². The van der Waals surface area contributed by atoms with Crippen molar-refractivity contribution in [2.24, 2.45) is 5.92 Å². The average Bonchev–Trinajstić information content (AvgIpc) is 3.18. The van der Waals surface area contributed by atoms with E-state index in [4.69, 9.17) is 0 Å². The van der Waals surface area contributed by atoms with E-state index in [0.29, 0.717) is 31.0 Å². The van der Waals surface area contributed by atoms with E-state index in [1.165, 1.54) is 4.70 Å². The van der Waals surface area contributed by atoms with Crippen LogP contribution in [0.4, 0.5) is 0 Å². The second kappa shape index (κ2) is 6.55. The monoisotopic (exact) mass is 344 g/mol. The van der Waals surface area contributed by atoms with Crippen molar-refractivity contribution in [3.63, 3.8) is 0 Å². The molecule has 0 spiro atoms. The van der Waals surface area contributed by atoms with Gasteiger partial charge >= 0.3 is 0 Å². The first-order valence-electron chi connectivity index (χ1n) is 8.49. The van der Waals surface area contributed by atoms with E-state index in [-0.39, 0.29) is 11.8 Å². The molecule has 0 bridgehead atoms. The van der Waals surface area contributed by atoms with Crippen molar-refractivity contribution in [3.05, 3.63) is 35.2 Å². The molecule has 2 aromatic rings. The zero-order chi connectivity index (χ0) is 17.3. The van der Waals surface area contributed by atoms with Crippen LogP contribution >= 0.6 is 11.3 Å². The maximum Gasteiger partial charge on any atom is 0.254 e. The SMILES string of the molecule is CC(C)CNC(=O)C1(C)CCCN1C(=O)c1ccc2sccc2c1. The molecule has 1 N–H and O–H groups in total. The minimum absolute atomic E-state index is 0.0429. The summed E-state index contributed by atoms with van der Waals surface area (Å²) in [6, 6.07) is 7.81. The van der Waals surface area contributed by atoms with Gasteiger partial charge in [-0.2, -0.15) is 0 Å². The fourth-order valence-electron chi connectivity index (χ4n) is 3.27. The zero-order valence-electron chi connectivity index (χ0n) is 14.5. The van der Waals surface area contributed by atoms with Gasteiger partial charge in [-0.05, 0) is 60.7 Å². The van der Waals surface area contributed by atoms with Crippen molar-refractivity contribution < 1.29 is 9.59 Å². The smallest absolute Gasteiger partial charge is 0.254 e. The molecule has 2 heterocycles.